The fourth-order valence-corrected chi connectivity index (χ4v) is 10.4. The molecule has 2 aliphatic rings. The fraction of sp³-hybridized carbons (Fsp3) is 0.556. The van der Waals surface area contributed by atoms with Crippen LogP contribution in [-0.4, -0.2) is 0 Å². The molecular formula is C18H26Hf. The molecule has 0 aliphatic heterocycles. The molecule has 0 radical (unpaired) electrons. The molecule has 0 unspecified atom stereocenters. The van der Waals surface area contributed by atoms with Gasteiger partial charge < -0.3 is 0 Å². The number of allylic oxidation sites excluding steroid dienone is 8. The third-order valence-electron chi connectivity index (χ3n) is 4.40. The summed E-state index contributed by atoms with van der Waals surface area (Å²) in [5.74, 6) is 0. The van der Waals surface area contributed by atoms with Crippen molar-refractivity contribution in [2.45, 2.75) is 66.2 Å². The second-order valence-corrected chi connectivity index (χ2v) is 9.85. The Bertz CT molecular complexity index is 428. The predicted octanol–water partition coefficient (Wildman–Crippen LogP) is 5.88. The standard InChI is InChI=1S/2C9H13.Hf/c2*1-3-8-5-6-9(4-2)7-8;/h2*5H,3-4,6H2,1-2H3;. The van der Waals surface area contributed by atoms with Crippen molar-refractivity contribution in [1.29, 1.82) is 0 Å². The molecule has 0 saturated carbocycles. The van der Waals surface area contributed by atoms with Crippen molar-refractivity contribution < 1.29 is 22.9 Å². The van der Waals surface area contributed by atoms with Gasteiger partial charge in [0.1, 0.15) is 0 Å². The zero-order valence-corrected chi connectivity index (χ0v) is 16.5. The monoisotopic (exact) mass is 422 g/mol. The van der Waals surface area contributed by atoms with Crippen LogP contribution in [0.4, 0.5) is 0 Å². The van der Waals surface area contributed by atoms with Gasteiger partial charge in [0.15, 0.2) is 0 Å². The summed E-state index contributed by atoms with van der Waals surface area (Å²) in [7, 11) is 0. The van der Waals surface area contributed by atoms with Crippen LogP contribution in [0, 0.1) is 0 Å². The van der Waals surface area contributed by atoms with Crippen molar-refractivity contribution in [2.24, 2.45) is 0 Å². The van der Waals surface area contributed by atoms with Gasteiger partial charge in [0.2, 0.25) is 0 Å². The van der Waals surface area contributed by atoms with Gasteiger partial charge in [-0.1, -0.05) is 0 Å². The zero-order valence-electron chi connectivity index (χ0n) is 12.9. The molecule has 0 N–H and O–H groups in total. The Balaban J connectivity index is 2.28. The van der Waals surface area contributed by atoms with Crippen LogP contribution in [-0.2, 0) is 22.9 Å². The molecule has 0 amide bonds. The summed E-state index contributed by atoms with van der Waals surface area (Å²) >= 11 is -0.826. The van der Waals surface area contributed by atoms with Crippen molar-refractivity contribution in [3.63, 3.8) is 0 Å². The van der Waals surface area contributed by atoms with E-state index in [2.05, 4.69) is 39.8 Å². The van der Waals surface area contributed by atoms with Crippen LogP contribution in [0.25, 0.3) is 0 Å². The fourth-order valence-electron chi connectivity index (χ4n) is 3.10. The zero-order chi connectivity index (χ0) is 13.8. The first kappa shape index (κ1) is 15.2. The van der Waals surface area contributed by atoms with Crippen LogP contribution < -0.4 is 0 Å². The molecule has 2 rings (SSSR count). The van der Waals surface area contributed by atoms with Crippen molar-refractivity contribution in [1.82, 2.24) is 0 Å². The predicted molar refractivity (Wildman–Crippen MR) is 80.6 cm³/mol. The van der Waals surface area contributed by atoms with E-state index >= 15 is 0 Å². The summed E-state index contributed by atoms with van der Waals surface area (Å²) in [6, 6.07) is 0. The van der Waals surface area contributed by atoms with Crippen LogP contribution in [0.15, 0.2) is 41.1 Å². The van der Waals surface area contributed by atoms with Gasteiger partial charge in [0.05, 0.1) is 0 Å². The van der Waals surface area contributed by atoms with Crippen molar-refractivity contribution >= 4 is 0 Å². The van der Waals surface area contributed by atoms with Crippen molar-refractivity contribution in [3.8, 4) is 0 Å². The Kier molecular flexibility index (Phi) is 5.62. The number of rotatable bonds is 6. The van der Waals surface area contributed by atoms with E-state index in [0.717, 1.165) is 0 Å². The van der Waals surface area contributed by atoms with Gasteiger partial charge in [-0.05, 0) is 0 Å². The summed E-state index contributed by atoms with van der Waals surface area (Å²) in [5.41, 5.74) is 6.94. The molecule has 0 saturated heterocycles. The summed E-state index contributed by atoms with van der Waals surface area (Å²) in [4.78, 5) is 0. The van der Waals surface area contributed by atoms with E-state index in [-0.39, 0.29) is 0 Å². The second-order valence-electron chi connectivity index (χ2n) is 5.36. The van der Waals surface area contributed by atoms with Crippen LogP contribution in [0.3, 0.4) is 0 Å². The van der Waals surface area contributed by atoms with Gasteiger partial charge in [-0.2, -0.15) is 0 Å². The van der Waals surface area contributed by atoms with Gasteiger partial charge in [-0.25, -0.2) is 0 Å². The number of hydrogen-bond acceptors (Lipinski definition) is 0. The van der Waals surface area contributed by atoms with E-state index in [1.165, 1.54) is 38.5 Å². The molecule has 0 spiro atoms. The van der Waals surface area contributed by atoms with Gasteiger partial charge in [0.25, 0.3) is 0 Å². The van der Waals surface area contributed by atoms with Gasteiger partial charge in [-0.3, -0.25) is 0 Å². The Morgan fingerprint density at radius 2 is 1.16 bits per heavy atom. The first-order valence-electron chi connectivity index (χ1n) is 7.84. The molecule has 2 aliphatic carbocycles. The topological polar surface area (TPSA) is 0 Å². The van der Waals surface area contributed by atoms with Crippen LogP contribution in [0.5, 0.6) is 0 Å². The molecule has 0 aromatic heterocycles. The van der Waals surface area contributed by atoms with Crippen LogP contribution >= 0.6 is 0 Å². The van der Waals surface area contributed by atoms with Gasteiger partial charge >= 0.3 is 130 Å². The van der Waals surface area contributed by atoms with Crippen LogP contribution in [0.1, 0.15) is 66.2 Å². The average molecular weight is 421 g/mol. The Labute approximate surface area is 130 Å². The first-order chi connectivity index (χ1) is 9.24. The molecule has 0 atom stereocenters. The summed E-state index contributed by atoms with van der Waals surface area (Å²) < 4.78 is 3.74. The van der Waals surface area contributed by atoms with Crippen molar-refractivity contribution in [3.05, 3.63) is 41.1 Å². The molecule has 0 fully saturated rings. The molecule has 0 bridgehead atoms. The molecule has 1 heteroatoms. The van der Waals surface area contributed by atoms with E-state index in [1.807, 2.05) is 6.66 Å². The van der Waals surface area contributed by atoms with E-state index in [4.69, 9.17) is 0 Å². The van der Waals surface area contributed by atoms with Crippen LogP contribution in [0.2, 0.25) is 0 Å². The van der Waals surface area contributed by atoms with E-state index < -0.39 is 22.9 Å². The normalized spacial score (nSPS) is 19.2. The van der Waals surface area contributed by atoms with Crippen molar-refractivity contribution in [2.75, 3.05) is 0 Å². The molecule has 102 valence electrons. The first-order valence-corrected chi connectivity index (χ1v) is 11.4. The second kappa shape index (κ2) is 7.02. The number of hydrogen-bond donors (Lipinski definition) is 0. The molecule has 0 heterocycles. The molecule has 0 nitrogen and oxygen atoms in total. The summed E-state index contributed by atoms with van der Waals surface area (Å²) in [5, 5.41) is 0. The minimum atomic E-state index is -0.826. The van der Waals surface area contributed by atoms with Gasteiger partial charge in [-0.15, -0.1) is 0 Å². The average Bonchev–Trinajstić information content (AvgIpc) is 3.02. The maximum absolute atomic E-state index is 2.51. The molecule has 0 aromatic carbocycles. The Morgan fingerprint density at radius 1 is 0.737 bits per heavy atom. The molecular weight excluding hydrogens is 395 g/mol. The third kappa shape index (κ3) is 3.12. The quantitative estimate of drug-likeness (QED) is 0.471. The molecule has 0 aromatic rings. The maximum atomic E-state index is 2.51. The minimum absolute atomic E-state index is 0.826. The summed E-state index contributed by atoms with van der Waals surface area (Å²) in [6.45, 7) is 9.33. The molecule has 19 heavy (non-hydrogen) atoms. The van der Waals surface area contributed by atoms with Gasteiger partial charge in [0, 0.05) is 0 Å². The Morgan fingerprint density at radius 3 is 1.47 bits per heavy atom. The Hall–Kier alpha value is -0.170. The SMILES string of the molecule is CCC1=CCC(CC)=[C]1[Hf][C]1=C(CC)CC=C1CC. The summed E-state index contributed by atoms with van der Waals surface area (Å²) in [6.07, 6.45) is 12.5. The van der Waals surface area contributed by atoms with E-state index in [9.17, 15) is 0 Å². The third-order valence-corrected chi connectivity index (χ3v) is 11.0. The van der Waals surface area contributed by atoms with E-state index in [0.29, 0.717) is 0 Å². The van der Waals surface area contributed by atoms with E-state index in [1.54, 1.807) is 22.3 Å².